The molecule has 0 radical (unpaired) electrons. The van der Waals surface area contributed by atoms with Gasteiger partial charge in [0.2, 0.25) is 0 Å². The van der Waals surface area contributed by atoms with Gasteiger partial charge in [-0.15, -0.1) is 0 Å². The van der Waals surface area contributed by atoms with Crippen molar-refractivity contribution in [3.05, 3.63) is 27.7 Å². The molecule has 1 N–H and O–H groups in total. The Bertz CT molecular complexity index is 648. The topological polar surface area (TPSA) is 80.7 Å². The molecule has 0 spiro atoms. The molecule has 1 fully saturated rings. The average Bonchev–Trinajstić information content (AvgIpc) is 2.41. The van der Waals surface area contributed by atoms with Crippen LogP contribution in [-0.4, -0.2) is 38.5 Å². The van der Waals surface area contributed by atoms with E-state index in [1.807, 2.05) is 0 Å². The van der Waals surface area contributed by atoms with E-state index < -0.39 is 15.8 Å². The summed E-state index contributed by atoms with van der Waals surface area (Å²) < 4.78 is 30.9. The molecule has 2 rings (SSSR count). The van der Waals surface area contributed by atoms with Crippen molar-refractivity contribution in [3.8, 4) is 0 Å². The Labute approximate surface area is 132 Å². The van der Waals surface area contributed by atoms with Crippen LogP contribution in [0.3, 0.4) is 0 Å². The number of carboxylic acids is 1. The van der Waals surface area contributed by atoms with E-state index in [9.17, 15) is 13.2 Å². The van der Waals surface area contributed by atoms with Gasteiger partial charge in [0.1, 0.15) is 0 Å². The minimum absolute atomic E-state index is 0.0296. The maximum absolute atomic E-state index is 12.6. The number of benzene rings is 1. The minimum Gasteiger partial charge on any atom is -0.478 e. The standard InChI is InChI=1S/C14H17BrO5S/c1-9-12(15)6-11(14(16)17)7-13(9)21(18,19)8-10-2-4-20-5-3-10/h6-7,10H,2-5,8H2,1H3,(H,16,17). The first-order valence-corrected chi connectivity index (χ1v) is 9.09. The van der Waals surface area contributed by atoms with E-state index in [0.29, 0.717) is 23.2 Å². The number of sulfone groups is 1. The molecule has 0 saturated carbocycles. The second-order valence-electron chi connectivity index (χ2n) is 5.22. The summed E-state index contributed by atoms with van der Waals surface area (Å²) in [6, 6.07) is 2.67. The number of ether oxygens (including phenoxy) is 1. The molecule has 1 aliphatic heterocycles. The van der Waals surface area contributed by atoms with E-state index in [0.717, 1.165) is 12.8 Å². The number of carboxylic acid groups (broad SMARTS) is 1. The molecule has 5 nitrogen and oxygen atoms in total. The van der Waals surface area contributed by atoms with E-state index in [1.54, 1.807) is 6.92 Å². The zero-order valence-electron chi connectivity index (χ0n) is 11.6. The molecule has 0 unspecified atom stereocenters. The van der Waals surface area contributed by atoms with Crippen molar-refractivity contribution in [2.45, 2.75) is 24.7 Å². The van der Waals surface area contributed by atoms with E-state index in [-0.39, 0.29) is 22.1 Å². The SMILES string of the molecule is Cc1c(Br)cc(C(=O)O)cc1S(=O)(=O)CC1CCOCC1. The van der Waals surface area contributed by atoms with Gasteiger partial charge in [0.15, 0.2) is 9.84 Å². The van der Waals surface area contributed by atoms with Crippen molar-refractivity contribution < 1.29 is 23.1 Å². The van der Waals surface area contributed by atoms with Gasteiger partial charge in [-0.3, -0.25) is 0 Å². The molecule has 0 aliphatic carbocycles. The Morgan fingerprint density at radius 2 is 2.00 bits per heavy atom. The van der Waals surface area contributed by atoms with Gasteiger partial charge in [-0.1, -0.05) is 15.9 Å². The summed E-state index contributed by atoms with van der Waals surface area (Å²) in [5.74, 6) is -1.04. The molecule has 0 atom stereocenters. The molecule has 116 valence electrons. The van der Waals surface area contributed by atoms with E-state index in [1.165, 1.54) is 12.1 Å². The van der Waals surface area contributed by atoms with Crippen LogP contribution in [0.5, 0.6) is 0 Å². The first-order chi connectivity index (χ1) is 9.81. The molecular formula is C14H17BrO5S. The number of hydrogen-bond acceptors (Lipinski definition) is 4. The van der Waals surface area contributed by atoms with Gasteiger partial charge in [0, 0.05) is 17.7 Å². The van der Waals surface area contributed by atoms with Gasteiger partial charge in [-0.25, -0.2) is 13.2 Å². The second-order valence-corrected chi connectivity index (χ2v) is 8.08. The second kappa shape index (κ2) is 6.46. The van der Waals surface area contributed by atoms with Crippen molar-refractivity contribution in [2.75, 3.05) is 19.0 Å². The quantitative estimate of drug-likeness (QED) is 0.873. The molecule has 21 heavy (non-hydrogen) atoms. The molecule has 0 amide bonds. The van der Waals surface area contributed by atoms with Gasteiger partial charge >= 0.3 is 5.97 Å². The summed E-state index contributed by atoms with van der Waals surface area (Å²) >= 11 is 3.24. The van der Waals surface area contributed by atoms with Crippen molar-refractivity contribution in [2.24, 2.45) is 5.92 Å². The predicted molar refractivity (Wildman–Crippen MR) is 81.4 cm³/mol. The summed E-state index contributed by atoms with van der Waals surface area (Å²) in [6.07, 6.45) is 1.44. The lowest BCUT2D eigenvalue weighted by atomic mass is 10.0. The van der Waals surface area contributed by atoms with Gasteiger partial charge in [0.05, 0.1) is 16.2 Å². The zero-order chi connectivity index (χ0) is 15.6. The molecule has 1 aromatic carbocycles. The van der Waals surface area contributed by atoms with Crippen LogP contribution in [0, 0.1) is 12.8 Å². The number of carbonyl (C=O) groups is 1. The molecule has 1 saturated heterocycles. The molecule has 0 aromatic heterocycles. The third-order valence-electron chi connectivity index (χ3n) is 3.67. The number of halogens is 1. The monoisotopic (exact) mass is 376 g/mol. The van der Waals surface area contributed by atoms with Crippen LogP contribution < -0.4 is 0 Å². The number of rotatable bonds is 4. The first-order valence-electron chi connectivity index (χ1n) is 6.65. The minimum atomic E-state index is -3.52. The fourth-order valence-electron chi connectivity index (χ4n) is 2.41. The van der Waals surface area contributed by atoms with Crippen molar-refractivity contribution in [3.63, 3.8) is 0 Å². The maximum Gasteiger partial charge on any atom is 0.335 e. The third kappa shape index (κ3) is 3.84. The molecule has 0 bridgehead atoms. The van der Waals surface area contributed by atoms with Gasteiger partial charge in [-0.2, -0.15) is 0 Å². The first kappa shape index (κ1) is 16.5. The lowest BCUT2D eigenvalue weighted by Crippen LogP contribution is -2.24. The lowest BCUT2D eigenvalue weighted by molar-refractivity contribution is 0.0696. The van der Waals surface area contributed by atoms with Crippen LogP contribution in [0.2, 0.25) is 0 Å². The Hall–Kier alpha value is -0.920. The molecule has 7 heteroatoms. The molecule has 1 heterocycles. The summed E-state index contributed by atoms with van der Waals surface area (Å²) in [4.78, 5) is 11.2. The number of hydrogen-bond donors (Lipinski definition) is 1. The molecule has 1 aliphatic rings. The fourth-order valence-corrected chi connectivity index (χ4v) is 5.02. The highest BCUT2D eigenvalue weighted by Gasteiger charge is 2.26. The third-order valence-corrected chi connectivity index (χ3v) is 6.50. The van der Waals surface area contributed by atoms with Crippen LogP contribution in [-0.2, 0) is 14.6 Å². The fraction of sp³-hybridized carbons (Fsp3) is 0.500. The van der Waals surface area contributed by atoms with Gasteiger partial charge in [0.25, 0.3) is 0 Å². The highest BCUT2D eigenvalue weighted by Crippen LogP contribution is 2.29. The molecule has 1 aromatic rings. The van der Waals surface area contributed by atoms with Gasteiger partial charge in [-0.05, 0) is 43.4 Å². The van der Waals surface area contributed by atoms with Gasteiger partial charge < -0.3 is 9.84 Å². The van der Waals surface area contributed by atoms with Crippen LogP contribution in [0.4, 0.5) is 0 Å². The van der Waals surface area contributed by atoms with Crippen molar-refractivity contribution in [1.82, 2.24) is 0 Å². The van der Waals surface area contributed by atoms with Crippen LogP contribution >= 0.6 is 15.9 Å². The predicted octanol–water partition coefficient (Wildman–Crippen LogP) is 2.66. The normalized spacial score (nSPS) is 16.9. The maximum atomic E-state index is 12.6. The summed E-state index contributed by atoms with van der Waals surface area (Å²) in [5, 5.41) is 9.08. The highest BCUT2D eigenvalue weighted by atomic mass is 79.9. The smallest absolute Gasteiger partial charge is 0.335 e. The Balaban J connectivity index is 2.36. The summed E-state index contributed by atoms with van der Waals surface area (Å²) in [6.45, 7) is 2.84. The van der Waals surface area contributed by atoms with E-state index in [2.05, 4.69) is 15.9 Å². The zero-order valence-corrected chi connectivity index (χ0v) is 14.0. The van der Waals surface area contributed by atoms with E-state index >= 15 is 0 Å². The Morgan fingerprint density at radius 3 is 2.57 bits per heavy atom. The van der Waals surface area contributed by atoms with Crippen LogP contribution in [0.15, 0.2) is 21.5 Å². The average molecular weight is 377 g/mol. The Morgan fingerprint density at radius 1 is 1.38 bits per heavy atom. The summed E-state index contributed by atoms with van der Waals surface area (Å²) in [7, 11) is -3.52. The van der Waals surface area contributed by atoms with Crippen molar-refractivity contribution in [1.29, 1.82) is 0 Å². The molecular weight excluding hydrogens is 360 g/mol. The lowest BCUT2D eigenvalue weighted by Gasteiger charge is -2.22. The van der Waals surface area contributed by atoms with Crippen LogP contribution in [0.25, 0.3) is 0 Å². The summed E-state index contributed by atoms with van der Waals surface area (Å²) in [5.41, 5.74) is 0.519. The van der Waals surface area contributed by atoms with E-state index in [4.69, 9.17) is 9.84 Å². The largest absolute Gasteiger partial charge is 0.478 e. The Kier molecular flexibility index (Phi) is 5.06. The van der Waals surface area contributed by atoms with Crippen LogP contribution in [0.1, 0.15) is 28.8 Å². The number of aromatic carboxylic acids is 1. The highest BCUT2D eigenvalue weighted by molar-refractivity contribution is 9.10. The van der Waals surface area contributed by atoms with Crippen molar-refractivity contribution >= 4 is 31.7 Å².